The standard InChI is InChI=1S/C13H23NO/c1-3-13(2)10-12(8-9-15-13)14-11-6-4-5-7-11/h4-5,11-12,14H,3,6-10H2,1-2H3. The smallest absolute Gasteiger partial charge is 0.0666 e. The monoisotopic (exact) mass is 209 g/mol. The van der Waals surface area contributed by atoms with E-state index in [-0.39, 0.29) is 5.60 Å². The molecule has 2 heteroatoms. The van der Waals surface area contributed by atoms with E-state index in [0.717, 1.165) is 13.0 Å². The van der Waals surface area contributed by atoms with Crippen molar-refractivity contribution in [3.05, 3.63) is 12.2 Å². The van der Waals surface area contributed by atoms with E-state index in [0.29, 0.717) is 12.1 Å². The van der Waals surface area contributed by atoms with Crippen molar-refractivity contribution in [1.82, 2.24) is 5.32 Å². The molecule has 1 aliphatic carbocycles. The Morgan fingerprint density at radius 1 is 1.33 bits per heavy atom. The molecule has 2 rings (SSSR count). The number of nitrogens with one attached hydrogen (secondary N) is 1. The molecule has 0 amide bonds. The maximum absolute atomic E-state index is 5.85. The Hall–Kier alpha value is -0.340. The Bertz CT molecular complexity index is 231. The summed E-state index contributed by atoms with van der Waals surface area (Å²) in [6.45, 7) is 5.38. The highest BCUT2D eigenvalue weighted by Gasteiger charge is 2.32. The number of hydrogen-bond acceptors (Lipinski definition) is 2. The molecule has 1 fully saturated rings. The van der Waals surface area contributed by atoms with Crippen molar-refractivity contribution in [2.24, 2.45) is 0 Å². The Kier molecular flexibility index (Phi) is 3.47. The average Bonchev–Trinajstić information content (AvgIpc) is 2.71. The number of hydrogen-bond donors (Lipinski definition) is 1. The van der Waals surface area contributed by atoms with Gasteiger partial charge in [0.15, 0.2) is 0 Å². The molecule has 2 nitrogen and oxygen atoms in total. The first kappa shape index (κ1) is 11.2. The van der Waals surface area contributed by atoms with Crippen LogP contribution in [0, 0.1) is 0 Å². The second-order valence-electron chi connectivity index (χ2n) is 5.15. The van der Waals surface area contributed by atoms with Gasteiger partial charge in [-0.25, -0.2) is 0 Å². The largest absolute Gasteiger partial charge is 0.375 e. The summed E-state index contributed by atoms with van der Waals surface area (Å²) < 4.78 is 5.85. The third kappa shape index (κ3) is 2.82. The minimum Gasteiger partial charge on any atom is -0.375 e. The van der Waals surface area contributed by atoms with E-state index in [2.05, 4.69) is 31.3 Å². The Labute approximate surface area is 93.1 Å². The van der Waals surface area contributed by atoms with Crippen LogP contribution in [0.1, 0.15) is 46.0 Å². The van der Waals surface area contributed by atoms with Gasteiger partial charge in [0.05, 0.1) is 5.60 Å². The quantitative estimate of drug-likeness (QED) is 0.721. The highest BCUT2D eigenvalue weighted by Crippen LogP contribution is 2.28. The Balaban J connectivity index is 1.82. The van der Waals surface area contributed by atoms with E-state index in [4.69, 9.17) is 4.74 Å². The lowest BCUT2D eigenvalue weighted by Gasteiger charge is -2.39. The van der Waals surface area contributed by atoms with Gasteiger partial charge in [0.1, 0.15) is 0 Å². The molecule has 2 atom stereocenters. The van der Waals surface area contributed by atoms with Gasteiger partial charge in [-0.3, -0.25) is 0 Å². The van der Waals surface area contributed by atoms with Crippen LogP contribution in [0.2, 0.25) is 0 Å². The van der Waals surface area contributed by atoms with Crippen molar-refractivity contribution in [3.63, 3.8) is 0 Å². The van der Waals surface area contributed by atoms with Gasteiger partial charge in [-0.1, -0.05) is 19.1 Å². The zero-order valence-corrected chi connectivity index (χ0v) is 9.96. The summed E-state index contributed by atoms with van der Waals surface area (Å²) in [7, 11) is 0. The van der Waals surface area contributed by atoms with Gasteiger partial charge >= 0.3 is 0 Å². The molecule has 86 valence electrons. The molecule has 1 heterocycles. The predicted molar refractivity (Wildman–Crippen MR) is 63.0 cm³/mol. The van der Waals surface area contributed by atoms with E-state index in [1.807, 2.05) is 0 Å². The summed E-state index contributed by atoms with van der Waals surface area (Å²) >= 11 is 0. The second-order valence-corrected chi connectivity index (χ2v) is 5.15. The number of rotatable bonds is 3. The molecule has 0 aromatic rings. The van der Waals surface area contributed by atoms with Gasteiger partial charge in [0.25, 0.3) is 0 Å². The summed E-state index contributed by atoms with van der Waals surface area (Å²) in [6, 6.07) is 1.35. The molecular weight excluding hydrogens is 186 g/mol. The fraction of sp³-hybridized carbons (Fsp3) is 0.846. The van der Waals surface area contributed by atoms with Crippen molar-refractivity contribution in [3.8, 4) is 0 Å². The molecule has 1 aliphatic heterocycles. The normalized spacial score (nSPS) is 37.3. The zero-order valence-electron chi connectivity index (χ0n) is 9.96. The van der Waals surface area contributed by atoms with Gasteiger partial charge in [-0.05, 0) is 39.0 Å². The van der Waals surface area contributed by atoms with Gasteiger partial charge in [0, 0.05) is 18.7 Å². The molecule has 15 heavy (non-hydrogen) atoms. The zero-order chi connectivity index (χ0) is 10.7. The van der Waals surface area contributed by atoms with Gasteiger partial charge in [-0.2, -0.15) is 0 Å². The average molecular weight is 209 g/mol. The molecule has 1 N–H and O–H groups in total. The van der Waals surface area contributed by atoms with Crippen LogP contribution in [-0.4, -0.2) is 24.3 Å². The molecule has 0 aromatic carbocycles. The van der Waals surface area contributed by atoms with Gasteiger partial charge in [-0.15, -0.1) is 0 Å². The SMILES string of the molecule is CCC1(C)CC(NC2CC=CC2)CCO1. The first-order valence-corrected chi connectivity index (χ1v) is 6.27. The first-order valence-electron chi connectivity index (χ1n) is 6.27. The molecule has 1 saturated heterocycles. The summed E-state index contributed by atoms with van der Waals surface area (Å²) in [5, 5.41) is 3.76. The molecule has 0 bridgehead atoms. The van der Waals surface area contributed by atoms with Crippen molar-refractivity contribution in [1.29, 1.82) is 0 Å². The van der Waals surface area contributed by atoms with Crippen LogP contribution in [0.5, 0.6) is 0 Å². The Morgan fingerprint density at radius 3 is 2.73 bits per heavy atom. The second kappa shape index (κ2) is 4.67. The third-order valence-corrected chi connectivity index (χ3v) is 3.82. The van der Waals surface area contributed by atoms with Crippen LogP contribution in [0.3, 0.4) is 0 Å². The van der Waals surface area contributed by atoms with Crippen LogP contribution in [0.4, 0.5) is 0 Å². The van der Waals surface area contributed by atoms with E-state index < -0.39 is 0 Å². The molecular formula is C13H23NO. The van der Waals surface area contributed by atoms with Gasteiger partial charge < -0.3 is 10.1 Å². The third-order valence-electron chi connectivity index (χ3n) is 3.82. The number of ether oxygens (including phenoxy) is 1. The van der Waals surface area contributed by atoms with Crippen LogP contribution in [-0.2, 0) is 4.74 Å². The minimum atomic E-state index is 0.113. The molecule has 2 aliphatic rings. The molecule has 2 unspecified atom stereocenters. The maximum Gasteiger partial charge on any atom is 0.0666 e. The van der Waals surface area contributed by atoms with E-state index >= 15 is 0 Å². The van der Waals surface area contributed by atoms with Crippen molar-refractivity contribution < 1.29 is 4.74 Å². The maximum atomic E-state index is 5.85. The predicted octanol–water partition coefficient (Wildman–Crippen LogP) is 2.64. The van der Waals surface area contributed by atoms with Crippen LogP contribution in [0.25, 0.3) is 0 Å². The summed E-state index contributed by atoms with van der Waals surface area (Å²) in [6.07, 6.45) is 10.5. The van der Waals surface area contributed by atoms with E-state index in [9.17, 15) is 0 Å². The van der Waals surface area contributed by atoms with Gasteiger partial charge in [0.2, 0.25) is 0 Å². The van der Waals surface area contributed by atoms with Crippen LogP contribution < -0.4 is 5.32 Å². The highest BCUT2D eigenvalue weighted by atomic mass is 16.5. The fourth-order valence-electron chi connectivity index (χ4n) is 2.61. The molecule has 0 saturated carbocycles. The summed E-state index contributed by atoms with van der Waals surface area (Å²) in [4.78, 5) is 0. The highest BCUT2D eigenvalue weighted by molar-refractivity contribution is 4.99. The van der Waals surface area contributed by atoms with Crippen LogP contribution >= 0.6 is 0 Å². The molecule has 0 radical (unpaired) electrons. The fourth-order valence-corrected chi connectivity index (χ4v) is 2.61. The lowest BCUT2D eigenvalue weighted by molar-refractivity contribution is -0.0789. The van der Waals surface area contributed by atoms with E-state index in [1.165, 1.54) is 25.7 Å². The Morgan fingerprint density at radius 2 is 2.07 bits per heavy atom. The topological polar surface area (TPSA) is 21.3 Å². The van der Waals surface area contributed by atoms with Crippen molar-refractivity contribution in [2.45, 2.75) is 63.6 Å². The van der Waals surface area contributed by atoms with E-state index in [1.54, 1.807) is 0 Å². The summed E-state index contributed by atoms with van der Waals surface area (Å²) in [5.74, 6) is 0. The first-order chi connectivity index (χ1) is 7.22. The minimum absolute atomic E-state index is 0.113. The lowest BCUT2D eigenvalue weighted by atomic mass is 9.89. The molecule has 0 spiro atoms. The van der Waals surface area contributed by atoms with Crippen LogP contribution in [0.15, 0.2) is 12.2 Å². The lowest BCUT2D eigenvalue weighted by Crippen LogP contribution is -2.47. The van der Waals surface area contributed by atoms with Crippen molar-refractivity contribution >= 4 is 0 Å². The molecule has 0 aromatic heterocycles. The summed E-state index contributed by atoms with van der Waals surface area (Å²) in [5.41, 5.74) is 0.113. The van der Waals surface area contributed by atoms with Crippen molar-refractivity contribution in [2.75, 3.05) is 6.61 Å².